The van der Waals surface area contributed by atoms with Gasteiger partial charge in [-0.25, -0.2) is 0 Å². The van der Waals surface area contributed by atoms with Crippen LogP contribution in [0.25, 0.3) is 5.57 Å². The molecule has 1 atom stereocenters. The first-order valence-electron chi connectivity index (χ1n) is 4.94. The first-order chi connectivity index (χ1) is 7.72. The van der Waals surface area contributed by atoms with Gasteiger partial charge in [-0.2, -0.15) is 5.26 Å². The predicted octanol–water partition coefficient (Wildman–Crippen LogP) is 4.39. The third-order valence-electron chi connectivity index (χ3n) is 2.55. The highest BCUT2D eigenvalue weighted by Crippen LogP contribution is 2.35. The number of hydrogen-bond acceptors (Lipinski definition) is 1. The molecule has 2 rings (SSSR count). The molecule has 0 radical (unpaired) electrons. The van der Waals surface area contributed by atoms with Crippen LogP contribution in [0.1, 0.15) is 12.0 Å². The van der Waals surface area contributed by atoms with Crippen molar-refractivity contribution in [2.45, 2.75) is 6.42 Å². The Morgan fingerprint density at radius 1 is 1.19 bits per heavy atom. The minimum absolute atomic E-state index is 0.168. The molecule has 0 N–H and O–H groups in total. The second-order valence-electron chi connectivity index (χ2n) is 3.59. The number of allylic oxidation sites excluding steroid dienone is 4. The van der Waals surface area contributed by atoms with Gasteiger partial charge in [0.05, 0.1) is 12.0 Å². The number of nitrogens with zero attached hydrogens (tertiary/aromatic N) is 1. The molecule has 1 aromatic rings. The minimum atomic E-state index is -0.168. The Bertz CT molecular complexity index is 492. The summed E-state index contributed by atoms with van der Waals surface area (Å²) in [5, 5.41) is 10.4. The van der Waals surface area contributed by atoms with Gasteiger partial charge in [-0.05, 0) is 35.8 Å². The van der Waals surface area contributed by atoms with E-state index in [0.29, 0.717) is 16.5 Å². The van der Waals surface area contributed by atoms with Crippen molar-refractivity contribution in [2.24, 2.45) is 5.92 Å². The van der Waals surface area contributed by atoms with Gasteiger partial charge in [-0.15, -0.1) is 0 Å². The highest BCUT2D eigenvalue weighted by molar-refractivity contribution is 6.34. The molecule has 16 heavy (non-hydrogen) atoms. The second-order valence-corrected chi connectivity index (χ2v) is 4.43. The lowest BCUT2D eigenvalue weighted by atomic mass is 9.87. The lowest BCUT2D eigenvalue weighted by molar-refractivity contribution is 0.857. The topological polar surface area (TPSA) is 23.8 Å². The average Bonchev–Trinajstić information content (AvgIpc) is 2.30. The lowest BCUT2D eigenvalue weighted by Gasteiger charge is -2.17. The van der Waals surface area contributed by atoms with Crippen LogP contribution in [-0.4, -0.2) is 0 Å². The monoisotopic (exact) mass is 249 g/mol. The largest absolute Gasteiger partial charge is 0.198 e. The summed E-state index contributed by atoms with van der Waals surface area (Å²) < 4.78 is 0. The van der Waals surface area contributed by atoms with Crippen molar-refractivity contribution in [1.82, 2.24) is 0 Å². The Hall–Kier alpha value is -1.23. The summed E-state index contributed by atoms with van der Waals surface area (Å²) >= 11 is 12.0. The Balaban J connectivity index is 2.48. The molecule has 0 amide bonds. The van der Waals surface area contributed by atoms with Crippen molar-refractivity contribution >= 4 is 28.8 Å². The average molecular weight is 250 g/mol. The molecule has 1 aliphatic rings. The van der Waals surface area contributed by atoms with Crippen LogP contribution in [0.5, 0.6) is 0 Å². The molecule has 1 nitrogen and oxygen atoms in total. The molecule has 80 valence electrons. The van der Waals surface area contributed by atoms with Crippen LogP contribution in [-0.2, 0) is 0 Å². The van der Waals surface area contributed by atoms with E-state index in [0.717, 1.165) is 11.1 Å². The van der Waals surface area contributed by atoms with E-state index in [-0.39, 0.29) is 5.92 Å². The fourth-order valence-electron chi connectivity index (χ4n) is 1.77. The zero-order valence-corrected chi connectivity index (χ0v) is 9.96. The molecule has 0 saturated carbocycles. The normalized spacial score (nSPS) is 19.7. The van der Waals surface area contributed by atoms with E-state index in [1.54, 1.807) is 12.1 Å². The van der Waals surface area contributed by atoms with E-state index in [4.69, 9.17) is 28.5 Å². The summed E-state index contributed by atoms with van der Waals surface area (Å²) in [4.78, 5) is 0. The van der Waals surface area contributed by atoms with Gasteiger partial charge in [0.1, 0.15) is 0 Å². The summed E-state index contributed by atoms with van der Waals surface area (Å²) in [5.74, 6) is -0.168. The van der Waals surface area contributed by atoms with Crippen LogP contribution < -0.4 is 0 Å². The van der Waals surface area contributed by atoms with Gasteiger partial charge in [0.2, 0.25) is 0 Å². The zero-order chi connectivity index (χ0) is 11.5. The summed E-state index contributed by atoms with van der Waals surface area (Å²) in [6, 6.07) is 9.67. The van der Waals surface area contributed by atoms with E-state index in [2.05, 4.69) is 6.07 Å². The van der Waals surface area contributed by atoms with Crippen molar-refractivity contribution in [2.75, 3.05) is 0 Å². The molecule has 1 aliphatic carbocycles. The van der Waals surface area contributed by atoms with E-state index in [1.165, 1.54) is 0 Å². The fraction of sp³-hybridized carbons (Fsp3) is 0.154. The van der Waals surface area contributed by atoms with Crippen LogP contribution in [0.15, 0.2) is 41.4 Å². The molecule has 0 bridgehead atoms. The number of benzene rings is 1. The van der Waals surface area contributed by atoms with Crippen LogP contribution >= 0.6 is 23.2 Å². The van der Waals surface area contributed by atoms with Crippen molar-refractivity contribution in [3.63, 3.8) is 0 Å². The summed E-state index contributed by atoms with van der Waals surface area (Å²) in [6.07, 6.45) is 4.49. The number of hydrogen-bond donors (Lipinski definition) is 0. The highest BCUT2D eigenvalue weighted by atomic mass is 35.5. The summed E-state index contributed by atoms with van der Waals surface area (Å²) in [5.41, 5.74) is 1.86. The van der Waals surface area contributed by atoms with Crippen molar-refractivity contribution in [3.05, 3.63) is 52.0 Å². The maximum Gasteiger partial charge on any atom is 0.0767 e. The highest BCUT2D eigenvalue weighted by Gasteiger charge is 2.20. The van der Waals surface area contributed by atoms with Crippen LogP contribution in [0.4, 0.5) is 0 Å². The van der Waals surface area contributed by atoms with Gasteiger partial charge in [0.15, 0.2) is 0 Å². The van der Waals surface area contributed by atoms with E-state index in [1.807, 2.05) is 24.3 Å². The maximum atomic E-state index is 9.09. The number of nitriles is 1. The Labute approximate surface area is 105 Å². The van der Waals surface area contributed by atoms with Gasteiger partial charge >= 0.3 is 0 Å². The van der Waals surface area contributed by atoms with Gasteiger partial charge in [-0.3, -0.25) is 0 Å². The minimum Gasteiger partial charge on any atom is -0.198 e. The Morgan fingerprint density at radius 3 is 2.50 bits per heavy atom. The van der Waals surface area contributed by atoms with E-state index < -0.39 is 0 Å². The first-order valence-corrected chi connectivity index (χ1v) is 5.69. The lowest BCUT2D eigenvalue weighted by Crippen LogP contribution is -2.04. The van der Waals surface area contributed by atoms with Crippen molar-refractivity contribution in [1.29, 1.82) is 5.26 Å². The standard InChI is InChI=1S/C13H9Cl2N/c14-11-6-4-9(5-7-11)13-10(8-16)2-1-3-12(13)15/h1,3-7,10H,2H2. The Morgan fingerprint density at radius 2 is 1.88 bits per heavy atom. The maximum absolute atomic E-state index is 9.09. The molecule has 0 heterocycles. The molecule has 0 spiro atoms. The molecule has 1 aromatic carbocycles. The van der Waals surface area contributed by atoms with E-state index in [9.17, 15) is 0 Å². The molecule has 0 aromatic heterocycles. The smallest absolute Gasteiger partial charge is 0.0767 e. The SMILES string of the molecule is N#CC1CC=CC(Cl)=C1c1ccc(Cl)cc1. The van der Waals surface area contributed by atoms with Crippen LogP contribution in [0, 0.1) is 17.2 Å². The molecule has 1 unspecified atom stereocenters. The summed E-state index contributed by atoms with van der Waals surface area (Å²) in [6.45, 7) is 0. The second kappa shape index (κ2) is 4.74. The summed E-state index contributed by atoms with van der Waals surface area (Å²) in [7, 11) is 0. The van der Waals surface area contributed by atoms with Gasteiger partial charge in [0.25, 0.3) is 0 Å². The molecule has 0 fully saturated rings. The first kappa shape index (κ1) is 11.3. The molecular formula is C13H9Cl2N. The molecule has 3 heteroatoms. The van der Waals surface area contributed by atoms with Crippen molar-refractivity contribution in [3.8, 4) is 6.07 Å². The third kappa shape index (κ3) is 2.14. The third-order valence-corrected chi connectivity index (χ3v) is 3.13. The molecular weight excluding hydrogens is 241 g/mol. The number of halogens is 2. The van der Waals surface area contributed by atoms with Gasteiger partial charge in [0, 0.05) is 10.1 Å². The van der Waals surface area contributed by atoms with Gasteiger partial charge in [-0.1, -0.05) is 41.4 Å². The van der Waals surface area contributed by atoms with Gasteiger partial charge < -0.3 is 0 Å². The Kier molecular flexibility index (Phi) is 3.33. The van der Waals surface area contributed by atoms with Crippen LogP contribution in [0.2, 0.25) is 5.02 Å². The van der Waals surface area contributed by atoms with E-state index >= 15 is 0 Å². The van der Waals surface area contributed by atoms with Crippen LogP contribution in [0.3, 0.4) is 0 Å². The molecule has 0 saturated heterocycles. The number of rotatable bonds is 1. The quantitative estimate of drug-likeness (QED) is 0.725. The fourth-order valence-corrected chi connectivity index (χ4v) is 2.22. The van der Waals surface area contributed by atoms with Crippen molar-refractivity contribution < 1.29 is 0 Å². The zero-order valence-electron chi connectivity index (χ0n) is 8.45. The predicted molar refractivity (Wildman–Crippen MR) is 67.1 cm³/mol. The molecule has 0 aliphatic heterocycles.